The Morgan fingerprint density at radius 3 is 2.12 bits per heavy atom. The highest BCUT2D eigenvalue weighted by Crippen LogP contribution is 2.21. The lowest BCUT2D eigenvalue weighted by molar-refractivity contribution is -0.140. The van der Waals surface area contributed by atoms with Gasteiger partial charge in [-0.2, -0.15) is 0 Å². The zero-order chi connectivity index (χ0) is 23.5. The number of nitrogens with zero attached hydrogens (tertiary/aromatic N) is 1. The molecule has 1 atom stereocenters. The van der Waals surface area contributed by atoms with E-state index >= 15 is 0 Å². The Bertz CT molecular complexity index is 1020. The zero-order valence-electron chi connectivity index (χ0n) is 19.0. The van der Waals surface area contributed by atoms with E-state index in [0.717, 1.165) is 29.5 Å². The molecule has 0 unspecified atom stereocenters. The molecule has 33 heavy (non-hydrogen) atoms. The topological polar surface area (TPSA) is 49.4 Å². The van der Waals surface area contributed by atoms with Crippen molar-refractivity contribution in [2.75, 3.05) is 6.54 Å². The van der Waals surface area contributed by atoms with Crippen LogP contribution < -0.4 is 5.32 Å². The highest BCUT2D eigenvalue weighted by molar-refractivity contribution is 6.31. The van der Waals surface area contributed by atoms with Gasteiger partial charge in [0.2, 0.25) is 11.8 Å². The third kappa shape index (κ3) is 7.47. The van der Waals surface area contributed by atoms with Crippen LogP contribution >= 0.6 is 11.6 Å². The van der Waals surface area contributed by atoms with Gasteiger partial charge in [0.1, 0.15) is 6.04 Å². The molecule has 0 aliphatic heterocycles. The minimum Gasteiger partial charge on any atom is -0.354 e. The molecule has 0 aromatic heterocycles. The van der Waals surface area contributed by atoms with Gasteiger partial charge in [0.25, 0.3) is 0 Å². The Morgan fingerprint density at radius 2 is 1.48 bits per heavy atom. The standard InChI is InChI=1S/C28H31ClN2O2/c1-2-3-18-30-28(33)26(19-22-12-6-4-7-13-22)31(21-24-16-10-11-17-25(24)29)27(32)20-23-14-8-5-9-15-23/h4-17,26H,2-3,18-21H2,1H3,(H,30,33)/t26-/m0/s1. The monoisotopic (exact) mass is 462 g/mol. The molecule has 0 bridgehead atoms. The molecule has 1 N–H and O–H groups in total. The summed E-state index contributed by atoms with van der Waals surface area (Å²) in [7, 11) is 0. The highest BCUT2D eigenvalue weighted by atomic mass is 35.5. The van der Waals surface area contributed by atoms with Crippen molar-refractivity contribution in [2.24, 2.45) is 0 Å². The second-order valence-electron chi connectivity index (χ2n) is 8.13. The van der Waals surface area contributed by atoms with Crippen molar-refractivity contribution in [1.29, 1.82) is 0 Å². The molecule has 0 spiro atoms. The maximum absolute atomic E-state index is 13.6. The van der Waals surface area contributed by atoms with E-state index in [0.29, 0.717) is 18.0 Å². The van der Waals surface area contributed by atoms with Crippen LogP contribution in [0, 0.1) is 0 Å². The summed E-state index contributed by atoms with van der Waals surface area (Å²) in [4.78, 5) is 28.6. The fourth-order valence-corrected chi connectivity index (χ4v) is 3.94. The van der Waals surface area contributed by atoms with Gasteiger partial charge in [-0.3, -0.25) is 9.59 Å². The summed E-state index contributed by atoms with van der Waals surface area (Å²) >= 11 is 6.44. The summed E-state index contributed by atoms with van der Waals surface area (Å²) in [5.41, 5.74) is 2.74. The first-order valence-electron chi connectivity index (χ1n) is 11.5. The van der Waals surface area contributed by atoms with Crippen molar-refractivity contribution in [2.45, 2.75) is 45.2 Å². The first kappa shape index (κ1) is 24.5. The molecular formula is C28H31ClN2O2. The molecule has 0 aliphatic rings. The van der Waals surface area contributed by atoms with Crippen LogP contribution in [0.3, 0.4) is 0 Å². The number of amides is 2. The Balaban J connectivity index is 1.94. The van der Waals surface area contributed by atoms with Gasteiger partial charge in [-0.05, 0) is 29.2 Å². The van der Waals surface area contributed by atoms with Gasteiger partial charge in [0.15, 0.2) is 0 Å². The molecule has 2 amide bonds. The van der Waals surface area contributed by atoms with Crippen LogP contribution in [0.5, 0.6) is 0 Å². The van der Waals surface area contributed by atoms with E-state index in [1.807, 2.05) is 84.9 Å². The lowest BCUT2D eigenvalue weighted by Crippen LogP contribution is -2.51. The quantitative estimate of drug-likeness (QED) is 0.386. The SMILES string of the molecule is CCCCNC(=O)[C@H](Cc1ccccc1)N(Cc1ccccc1Cl)C(=O)Cc1ccccc1. The first-order chi connectivity index (χ1) is 16.1. The summed E-state index contributed by atoms with van der Waals surface area (Å²) < 4.78 is 0. The predicted octanol–water partition coefficient (Wildman–Crippen LogP) is 5.44. The van der Waals surface area contributed by atoms with Gasteiger partial charge in [-0.25, -0.2) is 0 Å². The minimum atomic E-state index is -0.642. The summed E-state index contributed by atoms with van der Waals surface area (Å²) in [5.74, 6) is -0.242. The number of halogens is 1. The second kappa shape index (κ2) is 12.8. The van der Waals surface area contributed by atoms with Gasteiger partial charge in [0.05, 0.1) is 6.42 Å². The number of hydrogen-bond donors (Lipinski definition) is 1. The second-order valence-corrected chi connectivity index (χ2v) is 8.53. The average Bonchev–Trinajstić information content (AvgIpc) is 2.83. The van der Waals surface area contributed by atoms with Gasteiger partial charge in [-0.1, -0.05) is 104 Å². The number of carbonyl (C=O) groups excluding carboxylic acids is 2. The van der Waals surface area contributed by atoms with Crippen LogP contribution in [-0.2, 0) is 29.0 Å². The molecule has 3 rings (SSSR count). The Labute approximate surface area is 201 Å². The molecule has 172 valence electrons. The summed E-state index contributed by atoms with van der Waals surface area (Å²) in [6, 6.07) is 26.3. The van der Waals surface area contributed by atoms with Crippen molar-refractivity contribution >= 4 is 23.4 Å². The molecule has 0 saturated carbocycles. The van der Waals surface area contributed by atoms with Crippen molar-refractivity contribution in [3.63, 3.8) is 0 Å². The Hall–Kier alpha value is -3.11. The fraction of sp³-hybridized carbons (Fsp3) is 0.286. The number of carbonyl (C=O) groups is 2. The fourth-order valence-electron chi connectivity index (χ4n) is 3.74. The molecule has 0 aliphatic carbocycles. The molecule has 0 saturated heterocycles. The third-order valence-corrected chi connectivity index (χ3v) is 5.97. The molecule has 3 aromatic carbocycles. The van der Waals surface area contributed by atoms with Gasteiger partial charge in [-0.15, -0.1) is 0 Å². The molecule has 0 fully saturated rings. The molecule has 5 heteroatoms. The van der Waals surface area contributed by atoms with Crippen LogP contribution in [0.1, 0.15) is 36.5 Å². The first-order valence-corrected chi connectivity index (χ1v) is 11.8. The van der Waals surface area contributed by atoms with E-state index in [1.54, 1.807) is 4.90 Å². The van der Waals surface area contributed by atoms with Crippen LogP contribution in [0.4, 0.5) is 0 Å². The van der Waals surface area contributed by atoms with E-state index < -0.39 is 6.04 Å². The van der Waals surface area contributed by atoms with Gasteiger partial charge < -0.3 is 10.2 Å². The maximum Gasteiger partial charge on any atom is 0.243 e. The number of rotatable bonds is 11. The van der Waals surface area contributed by atoms with Crippen molar-refractivity contribution in [3.8, 4) is 0 Å². The van der Waals surface area contributed by atoms with Crippen molar-refractivity contribution in [3.05, 3.63) is 107 Å². The Kier molecular flexibility index (Phi) is 9.52. The lowest BCUT2D eigenvalue weighted by Gasteiger charge is -2.32. The van der Waals surface area contributed by atoms with Crippen LogP contribution in [0.15, 0.2) is 84.9 Å². The Morgan fingerprint density at radius 1 is 0.879 bits per heavy atom. The molecule has 4 nitrogen and oxygen atoms in total. The average molecular weight is 463 g/mol. The number of unbranched alkanes of at least 4 members (excludes halogenated alkanes) is 1. The summed E-state index contributed by atoms with van der Waals surface area (Å²) in [6.07, 6.45) is 2.54. The van der Waals surface area contributed by atoms with Crippen LogP contribution in [0.2, 0.25) is 5.02 Å². The minimum absolute atomic E-state index is 0.104. The predicted molar refractivity (Wildman–Crippen MR) is 134 cm³/mol. The number of nitrogens with one attached hydrogen (secondary N) is 1. The lowest BCUT2D eigenvalue weighted by atomic mass is 10.0. The number of hydrogen-bond acceptors (Lipinski definition) is 2. The van der Waals surface area contributed by atoms with Crippen molar-refractivity contribution < 1.29 is 9.59 Å². The van der Waals surface area contributed by atoms with E-state index in [4.69, 9.17) is 11.6 Å². The van der Waals surface area contributed by atoms with E-state index in [1.165, 1.54) is 0 Å². The van der Waals surface area contributed by atoms with E-state index in [9.17, 15) is 9.59 Å². The maximum atomic E-state index is 13.6. The molecule has 0 heterocycles. The molecule has 3 aromatic rings. The van der Waals surface area contributed by atoms with E-state index in [2.05, 4.69) is 12.2 Å². The van der Waals surface area contributed by atoms with Crippen LogP contribution in [0.25, 0.3) is 0 Å². The molecular weight excluding hydrogens is 432 g/mol. The zero-order valence-corrected chi connectivity index (χ0v) is 19.8. The largest absolute Gasteiger partial charge is 0.354 e. The van der Waals surface area contributed by atoms with Crippen molar-refractivity contribution in [1.82, 2.24) is 10.2 Å². The van der Waals surface area contributed by atoms with Crippen LogP contribution in [-0.4, -0.2) is 29.3 Å². The highest BCUT2D eigenvalue weighted by Gasteiger charge is 2.30. The van der Waals surface area contributed by atoms with Gasteiger partial charge >= 0.3 is 0 Å². The smallest absolute Gasteiger partial charge is 0.243 e. The molecule has 0 radical (unpaired) electrons. The third-order valence-electron chi connectivity index (χ3n) is 5.60. The van der Waals surface area contributed by atoms with E-state index in [-0.39, 0.29) is 24.8 Å². The number of benzene rings is 3. The normalized spacial score (nSPS) is 11.6. The summed E-state index contributed by atoms with van der Waals surface area (Å²) in [5, 5.41) is 3.62. The van der Waals surface area contributed by atoms with Gasteiger partial charge in [0, 0.05) is 24.5 Å². The summed E-state index contributed by atoms with van der Waals surface area (Å²) in [6.45, 7) is 2.94.